The van der Waals surface area contributed by atoms with Crippen LogP contribution in [0, 0.1) is 0 Å². The molecule has 0 amide bonds. The van der Waals surface area contributed by atoms with Gasteiger partial charge >= 0.3 is 11.9 Å². The summed E-state index contributed by atoms with van der Waals surface area (Å²) in [5.74, 6) is 0.280. The van der Waals surface area contributed by atoms with Gasteiger partial charge in [0.15, 0.2) is 6.04 Å². The molecule has 240 valence electrons. The van der Waals surface area contributed by atoms with Crippen LogP contribution in [0.3, 0.4) is 0 Å². The van der Waals surface area contributed by atoms with E-state index in [1.807, 2.05) is 51.5 Å². The zero-order valence-corrected chi connectivity index (χ0v) is 28.6. The van der Waals surface area contributed by atoms with Crippen molar-refractivity contribution in [3.8, 4) is 11.5 Å². The summed E-state index contributed by atoms with van der Waals surface area (Å²) >= 11 is 0. The number of nitrogens with zero attached hydrogens (tertiary/aromatic N) is 1. The van der Waals surface area contributed by atoms with Crippen molar-refractivity contribution in [3.63, 3.8) is 0 Å². The molecule has 3 rings (SSSR count). The average molecular weight is 739 g/mol. The van der Waals surface area contributed by atoms with Gasteiger partial charge in [-0.3, -0.25) is 0 Å². The second kappa shape index (κ2) is 18.1. The third kappa shape index (κ3) is 12.9. The second-order valence-corrected chi connectivity index (χ2v) is 13.0. The normalized spacial score (nSPS) is 12.1. The standard InChI is InChI=1S/C33H43N2O7S.HI/c1-35(2,3)31(25-26-13-9-8-10-14-26)33(37)41-24-12-7-5-4-6-11-23-40-28-17-19-29(20-18-28)42-32(36)27-15-21-30(22-16-27)43(34,38)39;/h8-10,13-22,31H,4-7,11-12,23-25H2,1-3H3,(H2,34,38,39);1H/q+1;/p-1. The minimum Gasteiger partial charge on any atom is -1.00 e. The lowest BCUT2D eigenvalue weighted by molar-refractivity contribution is -0.887. The van der Waals surface area contributed by atoms with Crippen molar-refractivity contribution in [1.82, 2.24) is 0 Å². The number of likely N-dealkylation sites (N-methyl/N-ethyl adjacent to an activating group) is 1. The summed E-state index contributed by atoms with van der Waals surface area (Å²) in [6.45, 7) is 1.03. The number of ether oxygens (including phenoxy) is 3. The Bertz CT molecular complexity index is 1410. The maximum absolute atomic E-state index is 12.8. The van der Waals surface area contributed by atoms with Gasteiger partial charge in [-0.15, -0.1) is 0 Å². The maximum atomic E-state index is 12.8. The van der Waals surface area contributed by atoms with Crippen LogP contribution in [-0.4, -0.2) is 65.2 Å². The van der Waals surface area contributed by atoms with E-state index in [0.717, 1.165) is 44.1 Å². The molecular weight excluding hydrogens is 695 g/mol. The topological polar surface area (TPSA) is 122 Å². The molecule has 0 saturated carbocycles. The summed E-state index contributed by atoms with van der Waals surface area (Å²) in [5.41, 5.74) is 1.34. The van der Waals surface area contributed by atoms with Crippen LogP contribution in [0.5, 0.6) is 11.5 Å². The first-order valence-electron chi connectivity index (χ1n) is 14.5. The molecule has 0 fully saturated rings. The van der Waals surface area contributed by atoms with Crippen molar-refractivity contribution in [2.75, 3.05) is 34.4 Å². The van der Waals surface area contributed by atoms with Crippen molar-refractivity contribution < 1.29 is 60.7 Å². The van der Waals surface area contributed by atoms with Gasteiger partial charge in [0.1, 0.15) is 11.5 Å². The molecule has 0 aliphatic carbocycles. The van der Waals surface area contributed by atoms with Crippen LogP contribution in [0.25, 0.3) is 0 Å². The molecule has 2 N–H and O–H groups in total. The third-order valence-corrected chi connectivity index (χ3v) is 7.91. The van der Waals surface area contributed by atoms with Gasteiger partial charge in [-0.25, -0.2) is 23.1 Å². The van der Waals surface area contributed by atoms with E-state index in [9.17, 15) is 18.0 Å². The molecule has 0 heterocycles. The fourth-order valence-corrected chi connectivity index (χ4v) is 4.95. The molecular formula is C33H43IN2O7S. The van der Waals surface area contributed by atoms with E-state index in [-0.39, 0.29) is 46.4 Å². The Morgan fingerprint density at radius 1 is 0.750 bits per heavy atom. The van der Waals surface area contributed by atoms with E-state index >= 15 is 0 Å². The first-order valence-corrected chi connectivity index (χ1v) is 16.1. The number of esters is 2. The number of sulfonamides is 1. The molecule has 0 aromatic heterocycles. The Hall–Kier alpha value is -3.00. The summed E-state index contributed by atoms with van der Waals surface area (Å²) in [4.78, 5) is 25.0. The monoisotopic (exact) mass is 738 g/mol. The van der Waals surface area contributed by atoms with Crippen LogP contribution in [0.1, 0.15) is 54.4 Å². The van der Waals surface area contributed by atoms with Crippen molar-refractivity contribution >= 4 is 22.0 Å². The molecule has 0 aliphatic heterocycles. The Morgan fingerprint density at radius 3 is 1.86 bits per heavy atom. The molecule has 0 aliphatic rings. The predicted molar refractivity (Wildman–Crippen MR) is 165 cm³/mol. The van der Waals surface area contributed by atoms with Crippen LogP contribution in [0.4, 0.5) is 0 Å². The highest BCUT2D eigenvalue weighted by Gasteiger charge is 2.33. The number of carbonyl (C=O) groups is 2. The van der Waals surface area contributed by atoms with Crippen LogP contribution in [0.15, 0.2) is 83.8 Å². The Balaban J connectivity index is 0.00000675. The van der Waals surface area contributed by atoms with Gasteiger partial charge in [-0.05, 0) is 66.9 Å². The van der Waals surface area contributed by atoms with Gasteiger partial charge in [0.05, 0.1) is 44.8 Å². The number of nitrogens with two attached hydrogens (primary N) is 1. The van der Waals surface area contributed by atoms with Gasteiger partial charge in [-0.2, -0.15) is 0 Å². The minimum absolute atomic E-state index is 0. The van der Waals surface area contributed by atoms with Gasteiger partial charge in [0.25, 0.3) is 0 Å². The molecule has 3 aromatic carbocycles. The first-order chi connectivity index (χ1) is 20.4. The van der Waals surface area contributed by atoms with E-state index in [4.69, 9.17) is 19.3 Å². The highest BCUT2D eigenvalue weighted by molar-refractivity contribution is 7.89. The summed E-state index contributed by atoms with van der Waals surface area (Å²) in [5, 5.41) is 5.07. The molecule has 0 saturated heterocycles. The number of rotatable bonds is 17. The fourth-order valence-electron chi connectivity index (χ4n) is 4.43. The number of hydrogen-bond donors (Lipinski definition) is 1. The van der Waals surface area contributed by atoms with Gasteiger partial charge in [0.2, 0.25) is 10.0 Å². The van der Waals surface area contributed by atoms with E-state index in [1.165, 1.54) is 24.3 Å². The van der Waals surface area contributed by atoms with Crippen molar-refractivity contribution in [2.45, 2.75) is 55.9 Å². The van der Waals surface area contributed by atoms with Crippen LogP contribution in [0.2, 0.25) is 0 Å². The zero-order valence-electron chi connectivity index (χ0n) is 25.6. The second-order valence-electron chi connectivity index (χ2n) is 11.4. The van der Waals surface area contributed by atoms with E-state index in [2.05, 4.69) is 0 Å². The lowest BCUT2D eigenvalue weighted by Crippen LogP contribution is -3.00. The van der Waals surface area contributed by atoms with E-state index in [0.29, 0.717) is 35.6 Å². The largest absolute Gasteiger partial charge is 1.00 e. The molecule has 1 unspecified atom stereocenters. The number of halogens is 1. The Morgan fingerprint density at radius 2 is 1.30 bits per heavy atom. The average Bonchev–Trinajstić information content (AvgIpc) is 2.97. The molecule has 0 bridgehead atoms. The SMILES string of the molecule is C[N+](C)(C)C(Cc1ccccc1)C(=O)OCCCCCCCCOc1ccc(OC(=O)c2ccc(S(N)(=O)=O)cc2)cc1.[I-]. The quantitative estimate of drug-likeness (QED) is 0.0741. The Labute approximate surface area is 278 Å². The fraction of sp³-hybridized carbons (Fsp3) is 0.394. The zero-order chi connectivity index (χ0) is 31.3. The minimum atomic E-state index is -3.83. The molecule has 44 heavy (non-hydrogen) atoms. The smallest absolute Gasteiger partial charge is 0.365 e. The number of hydrogen-bond acceptors (Lipinski definition) is 7. The van der Waals surface area contributed by atoms with Gasteiger partial charge in [0, 0.05) is 6.42 Å². The number of quaternary nitrogens is 1. The molecule has 9 nitrogen and oxygen atoms in total. The molecule has 3 aromatic rings. The third-order valence-electron chi connectivity index (χ3n) is 6.98. The van der Waals surface area contributed by atoms with Crippen molar-refractivity contribution in [3.05, 3.63) is 90.0 Å². The summed E-state index contributed by atoms with van der Waals surface area (Å²) in [6.07, 6.45) is 6.65. The predicted octanol–water partition coefficient (Wildman–Crippen LogP) is 2.14. The molecule has 11 heteroatoms. The lowest BCUT2D eigenvalue weighted by atomic mass is 10.0. The number of carbonyl (C=O) groups excluding carboxylic acids is 2. The highest BCUT2D eigenvalue weighted by Crippen LogP contribution is 2.20. The summed E-state index contributed by atoms with van der Waals surface area (Å²) in [7, 11) is 2.25. The van der Waals surface area contributed by atoms with Crippen molar-refractivity contribution in [1.29, 1.82) is 0 Å². The maximum Gasteiger partial charge on any atom is 0.365 e. The molecule has 0 spiro atoms. The van der Waals surface area contributed by atoms with Crippen LogP contribution < -0.4 is 38.6 Å². The van der Waals surface area contributed by atoms with E-state index < -0.39 is 16.0 Å². The van der Waals surface area contributed by atoms with Gasteiger partial charge in [-0.1, -0.05) is 56.0 Å². The lowest BCUT2D eigenvalue weighted by Gasteiger charge is -2.32. The van der Waals surface area contributed by atoms with Gasteiger partial charge < -0.3 is 42.7 Å². The Kier molecular flexibility index (Phi) is 15.3. The first kappa shape index (κ1) is 37.2. The molecule has 0 radical (unpaired) electrons. The van der Waals surface area contributed by atoms with Crippen LogP contribution in [-0.2, 0) is 26.0 Å². The highest BCUT2D eigenvalue weighted by atomic mass is 127. The summed E-state index contributed by atoms with van der Waals surface area (Å²) < 4.78 is 40.0. The van der Waals surface area contributed by atoms with Crippen molar-refractivity contribution in [2.24, 2.45) is 5.14 Å². The molecule has 1 atom stereocenters. The number of primary sulfonamides is 1. The number of benzene rings is 3. The van der Waals surface area contributed by atoms with E-state index in [1.54, 1.807) is 24.3 Å². The summed E-state index contributed by atoms with van der Waals surface area (Å²) in [6, 6.07) is 21.8. The van der Waals surface area contributed by atoms with Crippen LogP contribution >= 0.6 is 0 Å². The number of unbranched alkanes of at least 4 members (excludes halogenated alkanes) is 5.